The Bertz CT molecular complexity index is 965. The molecule has 4 rings (SSSR count). The molecule has 0 unspecified atom stereocenters. The summed E-state index contributed by atoms with van der Waals surface area (Å²) in [4.78, 5) is 34.3. The summed E-state index contributed by atoms with van der Waals surface area (Å²) in [7, 11) is 1.64. The van der Waals surface area contributed by atoms with E-state index in [4.69, 9.17) is 10.5 Å². The third-order valence-corrected chi connectivity index (χ3v) is 6.30. The number of hydrogen-bond acceptors (Lipinski definition) is 8. The van der Waals surface area contributed by atoms with Gasteiger partial charge in [-0.1, -0.05) is 0 Å². The van der Waals surface area contributed by atoms with Crippen LogP contribution in [0.25, 0.3) is 5.52 Å². The maximum atomic E-state index is 12.8. The minimum Gasteiger partial charge on any atom is -0.382 e. The Hall–Kier alpha value is -2.28. The summed E-state index contributed by atoms with van der Waals surface area (Å²) in [5.74, 6) is 0.437. The molecule has 0 aliphatic carbocycles. The van der Waals surface area contributed by atoms with Crippen molar-refractivity contribution in [1.29, 1.82) is 0 Å². The average molecular weight is 481 g/mol. The lowest BCUT2D eigenvalue weighted by Crippen LogP contribution is -2.56. The number of anilines is 1. The Labute approximate surface area is 182 Å². The molecular formula is C18H25BrN8O3. The molecule has 2 amide bonds. The molecule has 11 nitrogen and oxygen atoms in total. The van der Waals surface area contributed by atoms with Crippen LogP contribution >= 0.6 is 15.9 Å². The molecule has 2 fully saturated rings. The first-order chi connectivity index (χ1) is 14.5. The van der Waals surface area contributed by atoms with E-state index in [1.54, 1.807) is 11.6 Å². The summed E-state index contributed by atoms with van der Waals surface area (Å²) < 4.78 is 7.95. The molecule has 12 heteroatoms. The van der Waals surface area contributed by atoms with Crippen LogP contribution in [0.3, 0.4) is 0 Å². The number of aromatic nitrogens is 3. The second-order valence-electron chi connectivity index (χ2n) is 7.49. The number of rotatable bonds is 6. The fourth-order valence-corrected chi connectivity index (χ4v) is 4.65. The first kappa shape index (κ1) is 21.0. The Morgan fingerprint density at radius 3 is 2.80 bits per heavy atom. The number of nitrogen functional groups attached to an aromatic ring is 1. The summed E-state index contributed by atoms with van der Waals surface area (Å²) in [6.07, 6.45) is 1.42. The smallest absolute Gasteiger partial charge is 0.237 e. The van der Waals surface area contributed by atoms with E-state index in [0.29, 0.717) is 57.3 Å². The Morgan fingerprint density at radius 1 is 1.23 bits per heavy atom. The third kappa shape index (κ3) is 4.13. The van der Waals surface area contributed by atoms with Gasteiger partial charge in [-0.2, -0.15) is 5.10 Å². The van der Waals surface area contributed by atoms with Gasteiger partial charge in [-0.15, -0.1) is 0 Å². The maximum Gasteiger partial charge on any atom is 0.237 e. The summed E-state index contributed by atoms with van der Waals surface area (Å²) >= 11 is 3.61. The number of nitrogens with zero attached hydrogens (tertiary/aromatic N) is 6. The van der Waals surface area contributed by atoms with Crippen molar-refractivity contribution in [2.45, 2.75) is 13.2 Å². The van der Waals surface area contributed by atoms with E-state index in [1.807, 2.05) is 9.80 Å². The number of nitrogens with two attached hydrogens (primary N) is 1. The largest absolute Gasteiger partial charge is 0.382 e. The Kier molecular flexibility index (Phi) is 6.18. The number of hydrogen-bond donors (Lipinski definition) is 2. The summed E-state index contributed by atoms with van der Waals surface area (Å²) in [5.41, 5.74) is 8.62. The number of nitrogens with one attached hydrogen (secondary N) is 1. The summed E-state index contributed by atoms with van der Waals surface area (Å²) in [5, 5.41) is 7.17. The first-order valence-electron chi connectivity index (χ1n) is 9.74. The highest BCUT2D eigenvalue weighted by Gasteiger charge is 2.29. The molecule has 2 aromatic heterocycles. The highest BCUT2D eigenvalue weighted by molar-refractivity contribution is 9.10. The van der Waals surface area contributed by atoms with Gasteiger partial charge in [0.05, 0.1) is 36.5 Å². The van der Waals surface area contributed by atoms with Crippen molar-refractivity contribution in [3.8, 4) is 0 Å². The number of carbonyl (C=O) groups is 2. The minimum atomic E-state index is 0.00459. The van der Waals surface area contributed by atoms with Gasteiger partial charge in [0, 0.05) is 45.4 Å². The van der Waals surface area contributed by atoms with Crippen LogP contribution in [0.15, 0.2) is 10.8 Å². The van der Waals surface area contributed by atoms with Crippen molar-refractivity contribution in [1.82, 2.24) is 34.6 Å². The van der Waals surface area contributed by atoms with Crippen LogP contribution in [0.1, 0.15) is 11.3 Å². The van der Waals surface area contributed by atoms with Crippen LogP contribution in [0.5, 0.6) is 0 Å². The SMILES string of the molecule is COCc1c(Br)c2c(N)ncnn2c1CN1CCN(CN2CCNC(=O)C2)C(=O)C1. The van der Waals surface area contributed by atoms with Crippen LogP contribution in [0.4, 0.5) is 5.82 Å². The number of carbonyl (C=O) groups excluding carboxylic acids is 2. The molecule has 2 aliphatic rings. The van der Waals surface area contributed by atoms with E-state index in [9.17, 15) is 9.59 Å². The van der Waals surface area contributed by atoms with Gasteiger partial charge in [0.25, 0.3) is 0 Å². The van der Waals surface area contributed by atoms with Crippen LogP contribution in [-0.2, 0) is 27.5 Å². The third-order valence-electron chi connectivity index (χ3n) is 5.44. The molecule has 0 radical (unpaired) electrons. The number of fused-ring (bicyclic) bond motifs is 1. The molecular weight excluding hydrogens is 456 g/mol. The van der Waals surface area contributed by atoms with Gasteiger partial charge in [-0.25, -0.2) is 9.50 Å². The number of amides is 2. The Morgan fingerprint density at radius 2 is 2.07 bits per heavy atom. The summed E-state index contributed by atoms with van der Waals surface area (Å²) in [6, 6.07) is 0. The highest BCUT2D eigenvalue weighted by atomic mass is 79.9. The second kappa shape index (κ2) is 8.84. The molecule has 2 saturated heterocycles. The standard InChI is InChI=1S/C18H25BrN8O3/c1-30-9-12-13(27-17(16(12)19)18(20)22-10-23-27)6-24-4-5-26(15(29)8-24)11-25-3-2-21-14(28)7-25/h10H,2-9,11H2,1H3,(H,21,28)(H2,20,22,23). The predicted molar refractivity (Wildman–Crippen MR) is 112 cm³/mol. The molecule has 3 N–H and O–H groups in total. The zero-order valence-electron chi connectivity index (χ0n) is 16.8. The molecule has 162 valence electrons. The van der Waals surface area contributed by atoms with Crippen molar-refractivity contribution in [2.75, 3.05) is 58.8 Å². The van der Waals surface area contributed by atoms with E-state index in [0.717, 1.165) is 28.8 Å². The van der Waals surface area contributed by atoms with E-state index in [1.165, 1.54) is 6.33 Å². The van der Waals surface area contributed by atoms with Crippen molar-refractivity contribution in [2.24, 2.45) is 0 Å². The molecule has 0 saturated carbocycles. The number of methoxy groups -OCH3 is 1. The fraction of sp³-hybridized carbons (Fsp3) is 0.556. The lowest BCUT2D eigenvalue weighted by atomic mass is 10.2. The summed E-state index contributed by atoms with van der Waals surface area (Å²) in [6.45, 7) is 4.76. The van der Waals surface area contributed by atoms with E-state index < -0.39 is 0 Å². The first-order valence-corrected chi connectivity index (χ1v) is 10.5. The van der Waals surface area contributed by atoms with Gasteiger partial charge in [0.2, 0.25) is 11.8 Å². The van der Waals surface area contributed by atoms with Gasteiger partial charge < -0.3 is 20.7 Å². The van der Waals surface area contributed by atoms with Gasteiger partial charge in [0.1, 0.15) is 11.8 Å². The Balaban J connectivity index is 1.48. The minimum absolute atomic E-state index is 0.00459. The van der Waals surface area contributed by atoms with Crippen molar-refractivity contribution >= 4 is 39.1 Å². The van der Waals surface area contributed by atoms with Gasteiger partial charge in [-0.3, -0.25) is 19.4 Å². The number of piperazine rings is 2. The molecule has 0 spiro atoms. The maximum absolute atomic E-state index is 12.8. The second-order valence-corrected chi connectivity index (χ2v) is 8.28. The molecule has 2 aromatic rings. The van der Waals surface area contributed by atoms with Crippen molar-refractivity contribution in [3.63, 3.8) is 0 Å². The monoisotopic (exact) mass is 480 g/mol. The van der Waals surface area contributed by atoms with E-state index in [2.05, 4.69) is 36.2 Å². The average Bonchev–Trinajstić information content (AvgIpc) is 2.97. The molecule has 4 heterocycles. The quantitative estimate of drug-likeness (QED) is 0.553. The van der Waals surface area contributed by atoms with Crippen LogP contribution in [-0.4, -0.2) is 94.2 Å². The van der Waals surface area contributed by atoms with E-state index in [-0.39, 0.29) is 11.8 Å². The molecule has 2 aliphatic heterocycles. The topological polar surface area (TPSA) is 121 Å². The number of ether oxygens (including phenoxy) is 1. The van der Waals surface area contributed by atoms with Crippen LogP contribution < -0.4 is 11.1 Å². The molecule has 0 aromatic carbocycles. The zero-order chi connectivity index (χ0) is 21.3. The van der Waals surface area contributed by atoms with E-state index >= 15 is 0 Å². The fourth-order valence-electron chi connectivity index (χ4n) is 3.94. The van der Waals surface area contributed by atoms with Crippen molar-refractivity contribution < 1.29 is 14.3 Å². The lowest BCUT2D eigenvalue weighted by molar-refractivity contribution is -0.140. The molecule has 0 bridgehead atoms. The van der Waals surface area contributed by atoms with Gasteiger partial charge >= 0.3 is 0 Å². The van der Waals surface area contributed by atoms with Gasteiger partial charge in [0.15, 0.2) is 5.82 Å². The van der Waals surface area contributed by atoms with Crippen molar-refractivity contribution in [3.05, 3.63) is 22.1 Å². The normalized spacial score (nSPS) is 18.9. The van der Waals surface area contributed by atoms with Gasteiger partial charge in [-0.05, 0) is 15.9 Å². The highest BCUT2D eigenvalue weighted by Crippen LogP contribution is 2.32. The molecule has 30 heavy (non-hydrogen) atoms. The van der Waals surface area contributed by atoms with Crippen LogP contribution in [0.2, 0.25) is 0 Å². The lowest BCUT2D eigenvalue weighted by Gasteiger charge is -2.38. The zero-order valence-corrected chi connectivity index (χ0v) is 18.4. The predicted octanol–water partition coefficient (Wildman–Crippen LogP) is -0.746. The number of halogens is 1. The van der Waals surface area contributed by atoms with Crippen LogP contribution in [0, 0.1) is 0 Å². The molecule has 0 atom stereocenters.